The van der Waals surface area contributed by atoms with Crippen molar-refractivity contribution in [3.63, 3.8) is 0 Å². The molecule has 15 atom stereocenters. The van der Waals surface area contributed by atoms with Crippen LogP contribution >= 0.6 is 0 Å². The van der Waals surface area contributed by atoms with Crippen LogP contribution in [0.2, 0.25) is 0 Å². The van der Waals surface area contributed by atoms with Crippen molar-refractivity contribution in [2.45, 2.75) is 154 Å². The molecule has 7 rings (SSSR count). The molecule has 0 aromatic rings. The van der Waals surface area contributed by atoms with Crippen LogP contribution < -0.4 is 16.0 Å². The highest BCUT2D eigenvalue weighted by Crippen LogP contribution is 2.61. The minimum Gasteiger partial charge on any atom is -0.394 e. The summed E-state index contributed by atoms with van der Waals surface area (Å²) in [5.41, 5.74) is 0.318. The van der Waals surface area contributed by atoms with Gasteiger partial charge in [0.05, 0.1) is 18.8 Å². The number of rotatable bonds is 16. The summed E-state index contributed by atoms with van der Waals surface area (Å²) in [4.78, 5) is 37.3. The summed E-state index contributed by atoms with van der Waals surface area (Å²) in [6, 6.07) is -0.427. The molecule has 1 saturated heterocycles. The number of carbonyl (C=O) groups is 2. The molecule has 0 aromatic heterocycles. The van der Waals surface area contributed by atoms with E-state index in [4.69, 9.17) is 9.57 Å². The maximum absolute atomic E-state index is 14.4. The van der Waals surface area contributed by atoms with E-state index in [1.165, 1.54) is 38.5 Å². The summed E-state index contributed by atoms with van der Waals surface area (Å²) < 4.78 is 6.46. The fourth-order valence-electron chi connectivity index (χ4n) is 13.4. The van der Waals surface area contributed by atoms with Crippen molar-refractivity contribution < 1.29 is 29.4 Å². The van der Waals surface area contributed by atoms with E-state index in [0.29, 0.717) is 53.4 Å². The van der Waals surface area contributed by atoms with Gasteiger partial charge >= 0.3 is 0 Å². The highest BCUT2D eigenvalue weighted by atomic mass is 16.7. The zero-order valence-electron chi connectivity index (χ0n) is 36.4. The minimum absolute atomic E-state index is 0.0214. The number of fused-ring (bicyclic) bond motifs is 2. The van der Waals surface area contributed by atoms with E-state index in [1.54, 1.807) is 6.92 Å². The summed E-state index contributed by atoms with van der Waals surface area (Å²) in [5, 5.41) is 33.7. The van der Waals surface area contributed by atoms with Crippen molar-refractivity contribution in [1.82, 2.24) is 25.9 Å². The number of hydrogen-bond donors (Lipinski definition) is 5. The number of aliphatic hydroxyl groups excluding tert-OH is 2. The van der Waals surface area contributed by atoms with Gasteiger partial charge in [-0.15, -0.1) is 0 Å². The van der Waals surface area contributed by atoms with Crippen LogP contribution in [-0.2, 0) is 19.2 Å². The van der Waals surface area contributed by atoms with E-state index in [1.807, 2.05) is 19.2 Å². The molecular weight excluding hydrogens is 707 g/mol. The lowest BCUT2D eigenvalue weighted by molar-refractivity contribution is -0.193. The van der Waals surface area contributed by atoms with Crippen molar-refractivity contribution >= 4 is 11.8 Å². The predicted molar refractivity (Wildman–Crippen MR) is 220 cm³/mol. The molecule has 11 heteroatoms. The summed E-state index contributed by atoms with van der Waals surface area (Å²) in [6.45, 7) is 10.7. The standard InChI is InChI=1S/C45H81N5O6/c1-27-37-21-34(45(37,3)4)22-38(27)48-44(54)41-40(28(2)52)39(26-51)56-50(41)24-31-15-12-16-36(42(31)55-8)32-17-30(23-46-5)18-33(20-32)43(53)47-35(25-49(6)7)19-29-13-10-9-11-14-29/h27-42,46,51-52H,9-26H2,1-8H3,(H,47,53)(H,48,54)/t27-,28-,30?,31?,32?,33?,34+,35-,36?,37-,38-,39-,40+,41-,42?/m0/s1. The number of hydroxylamine groups is 2. The Kier molecular flexibility index (Phi) is 15.3. The van der Waals surface area contributed by atoms with Gasteiger partial charge in [0.25, 0.3) is 0 Å². The Morgan fingerprint density at radius 1 is 0.982 bits per heavy atom. The molecule has 0 aromatic carbocycles. The molecule has 1 aliphatic heterocycles. The van der Waals surface area contributed by atoms with Gasteiger partial charge in [0.1, 0.15) is 12.1 Å². The van der Waals surface area contributed by atoms with Crippen molar-refractivity contribution in [1.29, 1.82) is 0 Å². The number of nitrogens with one attached hydrogen (secondary N) is 3. The molecule has 6 unspecified atom stereocenters. The minimum atomic E-state index is -0.823. The van der Waals surface area contributed by atoms with Gasteiger partial charge in [0.2, 0.25) is 11.8 Å². The van der Waals surface area contributed by atoms with Crippen molar-refractivity contribution in [2.75, 3.05) is 54.5 Å². The van der Waals surface area contributed by atoms with E-state index in [0.717, 1.165) is 64.5 Å². The summed E-state index contributed by atoms with van der Waals surface area (Å²) in [6.07, 6.45) is 14.2. The van der Waals surface area contributed by atoms with Gasteiger partial charge in [-0.2, -0.15) is 5.06 Å². The van der Waals surface area contributed by atoms with Crippen molar-refractivity contribution in [3.05, 3.63) is 0 Å². The fourth-order valence-corrected chi connectivity index (χ4v) is 13.4. The number of hydrogen-bond acceptors (Lipinski definition) is 9. The molecule has 5 N–H and O–H groups in total. The van der Waals surface area contributed by atoms with Crippen LogP contribution in [0.5, 0.6) is 0 Å². The molecule has 322 valence electrons. The maximum Gasteiger partial charge on any atom is 0.240 e. The normalized spacial score (nSPS) is 40.2. The molecule has 0 spiro atoms. The number of ether oxygens (including phenoxy) is 1. The quantitative estimate of drug-likeness (QED) is 0.149. The number of carbonyl (C=O) groups excluding carboxylic acids is 2. The van der Waals surface area contributed by atoms with Crippen LogP contribution in [-0.4, -0.2) is 123 Å². The first-order valence-electron chi connectivity index (χ1n) is 22.9. The average Bonchev–Trinajstić information content (AvgIpc) is 3.54. The largest absolute Gasteiger partial charge is 0.394 e. The van der Waals surface area contributed by atoms with Gasteiger partial charge in [-0.3, -0.25) is 14.4 Å². The lowest BCUT2D eigenvalue weighted by atomic mass is 9.45. The van der Waals surface area contributed by atoms with E-state index in [-0.39, 0.29) is 48.4 Å². The molecule has 7 aliphatic rings. The Morgan fingerprint density at radius 2 is 1.73 bits per heavy atom. The number of nitrogens with zero attached hydrogens (tertiary/aromatic N) is 2. The van der Waals surface area contributed by atoms with Crippen LogP contribution in [0.3, 0.4) is 0 Å². The Hall–Kier alpha value is -1.34. The molecular formula is C45H81N5O6. The molecule has 56 heavy (non-hydrogen) atoms. The van der Waals surface area contributed by atoms with Crippen molar-refractivity contribution in [2.24, 2.45) is 64.6 Å². The van der Waals surface area contributed by atoms with E-state index >= 15 is 0 Å². The second kappa shape index (κ2) is 19.4. The maximum atomic E-state index is 14.4. The topological polar surface area (TPSA) is 136 Å². The van der Waals surface area contributed by atoms with Crippen LogP contribution in [0.25, 0.3) is 0 Å². The summed E-state index contributed by atoms with van der Waals surface area (Å²) in [7, 11) is 8.07. The highest BCUT2D eigenvalue weighted by Gasteiger charge is 2.58. The molecule has 2 bridgehead atoms. The third kappa shape index (κ3) is 9.82. The predicted octanol–water partition coefficient (Wildman–Crippen LogP) is 4.85. The summed E-state index contributed by atoms with van der Waals surface area (Å²) in [5.74, 6) is 3.04. The van der Waals surface area contributed by atoms with Crippen LogP contribution in [0.15, 0.2) is 0 Å². The zero-order chi connectivity index (χ0) is 40.3. The Labute approximate surface area is 339 Å². The fraction of sp³-hybridized carbons (Fsp3) is 0.956. The van der Waals surface area contributed by atoms with Gasteiger partial charge in [-0.05, 0) is 133 Å². The number of aliphatic hydroxyl groups is 2. The van der Waals surface area contributed by atoms with Crippen LogP contribution in [0.4, 0.5) is 0 Å². The monoisotopic (exact) mass is 788 g/mol. The number of likely N-dealkylation sites (N-methyl/N-ethyl adjacent to an activating group) is 1. The Balaban J connectivity index is 1.15. The second-order valence-corrected chi connectivity index (χ2v) is 20.6. The highest BCUT2D eigenvalue weighted by molar-refractivity contribution is 5.83. The Morgan fingerprint density at radius 3 is 2.36 bits per heavy atom. The SMILES string of the molecule is CNCC1CC(C(=O)N[C@@H](CC2CCCCC2)CN(C)C)CC(C2CCCC(CN3O[C@@H](CO)[C@@H]([C@H](C)O)[C@H]3C(=O)N[C@H]3C[C@H]4C[C@@H]([C@@H]3C)C4(C)C)C2OC)C1. The first-order valence-corrected chi connectivity index (χ1v) is 22.9. The third-order valence-corrected chi connectivity index (χ3v) is 16.3. The van der Waals surface area contributed by atoms with Gasteiger partial charge in [0.15, 0.2) is 0 Å². The van der Waals surface area contributed by atoms with E-state index in [2.05, 4.69) is 55.7 Å². The lowest BCUT2D eigenvalue weighted by Gasteiger charge is -2.62. The molecule has 2 amide bonds. The first-order chi connectivity index (χ1) is 26.7. The van der Waals surface area contributed by atoms with Gasteiger partial charge in [0, 0.05) is 50.0 Å². The first kappa shape index (κ1) is 44.2. The molecule has 1 heterocycles. The second-order valence-electron chi connectivity index (χ2n) is 20.6. The van der Waals surface area contributed by atoms with Crippen LogP contribution in [0.1, 0.15) is 118 Å². The van der Waals surface area contributed by atoms with Crippen LogP contribution in [0, 0.1) is 64.6 Å². The number of methoxy groups -OCH3 is 1. The number of amides is 2. The van der Waals surface area contributed by atoms with Crippen molar-refractivity contribution in [3.8, 4) is 0 Å². The molecule has 11 nitrogen and oxygen atoms in total. The van der Waals surface area contributed by atoms with E-state index in [9.17, 15) is 19.8 Å². The van der Waals surface area contributed by atoms with Gasteiger partial charge < -0.3 is 35.8 Å². The Bertz CT molecular complexity index is 1280. The molecule has 0 radical (unpaired) electrons. The average molecular weight is 788 g/mol. The van der Waals surface area contributed by atoms with E-state index < -0.39 is 24.2 Å². The molecule has 6 saturated carbocycles. The van der Waals surface area contributed by atoms with Gasteiger partial charge in [-0.1, -0.05) is 59.3 Å². The smallest absolute Gasteiger partial charge is 0.240 e. The molecule has 7 fully saturated rings. The van der Waals surface area contributed by atoms with Gasteiger partial charge in [-0.25, -0.2) is 0 Å². The zero-order valence-corrected chi connectivity index (χ0v) is 36.4. The lowest BCUT2D eigenvalue weighted by Crippen LogP contribution is -2.62. The molecule has 6 aliphatic carbocycles. The third-order valence-electron chi connectivity index (χ3n) is 16.3. The summed E-state index contributed by atoms with van der Waals surface area (Å²) >= 11 is 0.